The lowest BCUT2D eigenvalue weighted by Gasteiger charge is -2.34. The van der Waals surface area contributed by atoms with Crippen LogP contribution in [0.15, 0.2) is 39.8 Å². The molecule has 28 heavy (non-hydrogen) atoms. The van der Waals surface area contributed by atoms with Crippen LogP contribution in [-0.4, -0.2) is 62.0 Å². The number of rotatable bonds is 7. The zero-order valence-electron chi connectivity index (χ0n) is 15.8. The Hall–Kier alpha value is -2.27. The Bertz CT molecular complexity index is 902. The van der Waals surface area contributed by atoms with Gasteiger partial charge >= 0.3 is 0 Å². The Morgan fingerprint density at radius 2 is 1.82 bits per heavy atom. The van der Waals surface area contributed by atoms with Gasteiger partial charge < -0.3 is 14.7 Å². The van der Waals surface area contributed by atoms with Gasteiger partial charge in [0.2, 0.25) is 15.9 Å². The van der Waals surface area contributed by atoms with Crippen LogP contribution >= 0.6 is 0 Å². The van der Waals surface area contributed by atoms with Crippen molar-refractivity contribution in [1.82, 2.24) is 15.0 Å². The Morgan fingerprint density at radius 1 is 1.18 bits per heavy atom. The molecule has 3 N–H and O–H groups in total. The smallest absolute Gasteiger partial charge is 0.238 e. The van der Waals surface area contributed by atoms with Crippen LogP contribution < -0.4 is 10.5 Å². The molecule has 1 aromatic heterocycles. The van der Waals surface area contributed by atoms with Crippen molar-refractivity contribution in [2.45, 2.75) is 24.8 Å². The highest BCUT2D eigenvalue weighted by atomic mass is 32.2. The molecular formula is C18H25N5O4S. The maximum absolute atomic E-state index is 12.1. The Balaban J connectivity index is 1.38. The van der Waals surface area contributed by atoms with Gasteiger partial charge in [0.05, 0.1) is 10.6 Å². The molecule has 10 heteroatoms. The van der Waals surface area contributed by atoms with E-state index in [1.807, 2.05) is 13.0 Å². The van der Waals surface area contributed by atoms with Crippen molar-refractivity contribution >= 4 is 21.6 Å². The number of hydrogen-bond acceptors (Lipinski definition) is 7. The van der Waals surface area contributed by atoms with Crippen LogP contribution in [0, 0.1) is 6.92 Å². The van der Waals surface area contributed by atoms with Crippen molar-refractivity contribution in [3.05, 3.63) is 41.8 Å². The zero-order valence-corrected chi connectivity index (χ0v) is 16.6. The number of nitrogens with zero attached hydrogens (tertiary/aromatic N) is 3. The molecule has 0 radical (unpaired) electrons. The molecule has 152 valence electrons. The molecule has 1 saturated heterocycles. The van der Waals surface area contributed by atoms with Crippen LogP contribution in [0.2, 0.25) is 0 Å². The van der Waals surface area contributed by atoms with Crippen molar-refractivity contribution in [2.75, 3.05) is 38.0 Å². The Morgan fingerprint density at radius 3 is 2.39 bits per heavy atom. The molecular weight excluding hydrogens is 382 g/mol. The monoisotopic (exact) mass is 407 g/mol. The summed E-state index contributed by atoms with van der Waals surface area (Å²) in [6.07, 6.45) is 0.374. The molecule has 1 aromatic carbocycles. The maximum atomic E-state index is 12.1. The minimum atomic E-state index is -3.73. The van der Waals surface area contributed by atoms with E-state index in [0.717, 1.165) is 44.2 Å². The van der Waals surface area contributed by atoms with Crippen LogP contribution in [0.3, 0.4) is 0 Å². The molecule has 0 bridgehead atoms. The second-order valence-corrected chi connectivity index (χ2v) is 8.48. The van der Waals surface area contributed by atoms with Crippen molar-refractivity contribution in [3.8, 4) is 0 Å². The van der Waals surface area contributed by atoms with Gasteiger partial charge in [-0.3, -0.25) is 9.69 Å². The fraction of sp³-hybridized carbons (Fsp3) is 0.444. The number of sulfonamides is 1. The third kappa shape index (κ3) is 5.86. The molecule has 0 atom stereocenters. The number of nitrogens with two attached hydrogens (primary N) is 1. The standard InChI is InChI=1S/C18H25N5O4S/c1-14-12-16(21-27-14)13-23-10-8-22(9-11-23)7-6-18(24)20-15-2-4-17(5-3-15)28(19,25)26/h2-5,12H,6-11,13H2,1H3,(H,20,24)(H2,19,25,26). The number of carbonyl (C=O) groups is 1. The first-order valence-electron chi connectivity index (χ1n) is 9.09. The van der Waals surface area contributed by atoms with Gasteiger partial charge in [-0.2, -0.15) is 0 Å². The molecule has 1 aliphatic rings. The van der Waals surface area contributed by atoms with Crippen LogP contribution in [0.25, 0.3) is 0 Å². The van der Waals surface area contributed by atoms with Crippen molar-refractivity contribution in [2.24, 2.45) is 5.14 Å². The van der Waals surface area contributed by atoms with E-state index < -0.39 is 10.0 Å². The largest absolute Gasteiger partial charge is 0.361 e. The van der Waals surface area contributed by atoms with Crippen LogP contribution in [0.5, 0.6) is 0 Å². The van der Waals surface area contributed by atoms with Crippen molar-refractivity contribution in [3.63, 3.8) is 0 Å². The number of aromatic nitrogens is 1. The number of nitrogens with one attached hydrogen (secondary N) is 1. The third-order valence-electron chi connectivity index (χ3n) is 4.65. The molecule has 1 aliphatic heterocycles. The third-order valence-corrected chi connectivity index (χ3v) is 5.58. The maximum Gasteiger partial charge on any atom is 0.238 e. The average molecular weight is 407 g/mol. The summed E-state index contributed by atoms with van der Waals surface area (Å²) in [6, 6.07) is 7.76. The molecule has 2 aromatic rings. The zero-order chi connectivity index (χ0) is 20.1. The summed E-state index contributed by atoms with van der Waals surface area (Å²) in [4.78, 5) is 16.7. The van der Waals surface area contributed by atoms with Gasteiger partial charge in [-0.05, 0) is 31.2 Å². The summed E-state index contributed by atoms with van der Waals surface area (Å²) in [5, 5.41) is 11.9. The topological polar surface area (TPSA) is 122 Å². The first-order chi connectivity index (χ1) is 13.3. The summed E-state index contributed by atoms with van der Waals surface area (Å²) < 4.78 is 27.6. The van der Waals surface area contributed by atoms with E-state index in [1.165, 1.54) is 24.3 Å². The van der Waals surface area contributed by atoms with Crippen LogP contribution in [0.1, 0.15) is 17.9 Å². The predicted octanol–water partition coefficient (Wildman–Crippen LogP) is 0.777. The van der Waals surface area contributed by atoms with Gasteiger partial charge in [-0.1, -0.05) is 5.16 Å². The van der Waals surface area contributed by atoms with E-state index >= 15 is 0 Å². The lowest BCUT2D eigenvalue weighted by Crippen LogP contribution is -2.46. The van der Waals surface area contributed by atoms with Gasteiger partial charge in [-0.15, -0.1) is 0 Å². The number of amides is 1. The van der Waals surface area contributed by atoms with Crippen molar-refractivity contribution < 1.29 is 17.7 Å². The predicted molar refractivity (Wildman–Crippen MR) is 104 cm³/mol. The molecule has 0 aliphatic carbocycles. The molecule has 1 amide bonds. The quantitative estimate of drug-likeness (QED) is 0.695. The fourth-order valence-electron chi connectivity index (χ4n) is 3.10. The van der Waals surface area contributed by atoms with Gasteiger partial charge in [-0.25, -0.2) is 13.6 Å². The SMILES string of the molecule is Cc1cc(CN2CCN(CCC(=O)Nc3ccc(S(N)(=O)=O)cc3)CC2)no1. The second-order valence-electron chi connectivity index (χ2n) is 6.91. The van der Waals surface area contributed by atoms with Gasteiger partial charge in [0.15, 0.2) is 0 Å². The van der Waals surface area contributed by atoms with E-state index in [2.05, 4.69) is 20.3 Å². The summed E-state index contributed by atoms with van der Waals surface area (Å²) in [7, 11) is -3.73. The van der Waals surface area contributed by atoms with E-state index in [1.54, 1.807) is 0 Å². The number of carbonyl (C=O) groups excluding carboxylic acids is 1. The number of aryl methyl sites for hydroxylation is 1. The minimum Gasteiger partial charge on any atom is -0.361 e. The van der Waals surface area contributed by atoms with Gasteiger partial charge in [0.25, 0.3) is 0 Å². The van der Waals surface area contributed by atoms with Gasteiger partial charge in [0, 0.05) is 57.4 Å². The molecule has 0 saturated carbocycles. The molecule has 9 nitrogen and oxygen atoms in total. The van der Waals surface area contributed by atoms with Gasteiger partial charge in [0.1, 0.15) is 5.76 Å². The molecule has 1 fully saturated rings. The molecule has 3 rings (SSSR count). The summed E-state index contributed by atoms with van der Waals surface area (Å²) in [5.74, 6) is 0.711. The second kappa shape index (κ2) is 8.82. The van der Waals surface area contributed by atoms with Crippen LogP contribution in [-0.2, 0) is 21.4 Å². The number of hydrogen-bond donors (Lipinski definition) is 2. The number of primary sulfonamides is 1. The van der Waals surface area contributed by atoms with E-state index in [9.17, 15) is 13.2 Å². The first-order valence-corrected chi connectivity index (χ1v) is 10.6. The Labute approximate surface area is 164 Å². The highest BCUT2D eigenvalue weighted by Crippen LogP contribution is 2.13. The fourth-order valence-corrected chi connectivity index (χ4v) is 3.62. The average Bonchev–Trinajstić information content (AvgIpc) is 3.05. The lowest BCUT2D eigenvalue weighted by atomic mass is 10.2. The number of piperazine rings is 1. The minimum absolute atomic E-state index is 0.0177. The van der Waals surface area contributed by atoms with Crippen molar-refractivity contribution in [1.29, 1.82) is 0 Å². The molecule has 2 heterocycles. The first kappa shape index (κ1) is 20.5. The summed E-state index contributed by atoms with van der Waals surface area (Å²) in [5.41, 5.74) is 1.49. The lowest BCUT2D eigenvalue weighted by molar-refractivity contribution is -0.116. The molecule has 0 spiro atoms. The number of anilines is 1. The number of benzene rings is 1. The highest BCUT2D eigenvalue weighted by Gasteiger charge is 2.18. The molecule has 0 unspecified atom stereocenters. The van der Waals surface area contributed by atoms with Crippen LogP contribution in [0.4, 0.5) is 5.69 Å². The Kier molecular flexibility index (Phi) is 6.45. The van der Waals surface area contributed by atoms with E-state index in [-0.39, 0.29) is 10.8 Å². The summed E-state index contributed by atoms with van der Waals surface area (Å²) >= 11 is 0. The van der Waals surface area contributed by atoms with E-state index in [4.69, 9.17) is 9.66 Å². The summed E-state index contributed by atoms with van der Waals surface area (Å²) in [6.45, 7) is 6.97. The highest BCUT2D eigenvalue weighted by molar-refractivity contribution is 7.89. The normalized spacial score (nSPS) is 16.2. The van der Waals surface area contributed by atoms with E-state index in [0.29, 0.717) is 18.7 Å².